The summed E-state index contributed by atoms with van der Waals surface area (Å²) < 4.78 is 40.5. The van der Waals surface area contributed by atoms with Crippen molar-refractivity contribution in [2.45, 2.75) is 31.4 Å². The number of hydrogen-bond donors (Lipinski definition) is 0. The SMILES string of the molecule is FC(F)(F)[C@@H](Cc1ccc(CCc2ccc(Cl)cc2)cc1)c1ccccc1. The number of benzene rings is 3. The van der Waals surface area contributed by atoms with E-state index in [0.717, 1.165) is 18.4 Å². The molecule has 0 unspecified atom stereocenters. The number of aryl methyl sites for hydroxylation is 2. The summed E-state index contributed by atoms with van der Waals surface area (Å²) in [6.45, 7) is 0. The van der Waals surface area contributed by atoms with Crippen LogP contribution in [0.15, 0.2) is 78.9 Å². The third-order valence-corrected chi connectivity index (χ3v) is 4.93. The minimum Gasteiger partial charge on any atom is -0.170 e. The smallest absolute Gasteiger partial charge is 0.170 e. The van der Waals surface area contributed by atoms with E-state index in [9.17, 15) is 13.2 Å². The predicted molar refractivity (Wildman–Crippen MR) is 104 cm³/mol. The molecule has 0 spiro atoms. The van der Waals surface area contributed by atoms with Crippen molar-refractivity contribution < 1.29 is 13.2 Å². The minimum absolute atomic E-state index is 0.0506. The van der Waals surface area contributed by atoms with Gasteiger partial charge in [-0.3, -0.25) is 0 Å². The van der Waals surface area contributed by atoms with Gasteiger partial charge in [0.1, 0.15) is 0 Å². The first-order valence-corrected chi connectivity index (χ1v) is 9.23. The molecular formula is C23H20ClF3. The zero-order valence-electron chi connectivity index (χ0n) is 14.7. The van der Waals surface area contributed by atoms with Gasteiger partial charge >= 0.3 is 6.18 Å². The monoisotopic (exact) mass is 388 g/mol. The van der Waals surface area contributed by atoms with Crippen LogP contribution in [-0.4, -0.2) is 6.18 Å². The fraction of sp³-hybridized carbons (Fsp3) is 0.217. The molecule has 1 atom stereocenters. The van der Waals surface area contributed by atoms with Crippen LogP contribution >= 0.6 is 11.6 Å². The zero-order chi connectivity index (χ0) is 19.3. The van der Waals surface area contributed by atoms with E-state index in [1.54, 1.807) is 42.5 Å². The van der Waals surface area contributed by atoms with Gasteiger partial charge in [-0.1, -0.05) is 78.3 Å². The first-order valence-electron chi connectivity index (χ1n) is 8.86. The Labute approximate surface area is 162 Å². The highest BCUT2D eigenvalue weighted by atomic mass is 35.5. The molecule has 0 N–H and O–H groups in total. The average Bonchev–Trinajstić information content (AvgIpc) is 2.66. The quantitative estimate of drug-likeness (QED) is 0.426. The van der Waals surface area contributed by atoms with Crippen molar-refractivity contribution in [3.05, 3.63) is 106 Å². The van der Waals surface area contributed by atoms with Crippen molar-refractivity contribution >= 4 is 11.6 Å². The third kappa shape index (κ3) is 5.61. The summed E-state index contributed by atoms with van der Waals surface area (Å²) in [6.07, 6.45) is -2.62. The lowest BCUT2D eigenvalue weighted by Crippen LogP contribution is -2.23. The van der Waals surface area contributed by atoms with Crippen molar-refractivity contribution in [3.8, 4) is 0 Å². The third-order valence-electron chi connectivity index (χ3n) is 4.68. The summed E-state index contributed by atoms with van der Waals surface area (Å²) in [4.78, 5) is 0. The summed E-state index contributed by atoms with van der Waals surface area (Å²) in [5.41, 5.74) is 3.29. The molecule has 0 aliphatic heterocycles. The molecule has 0 amide bonds. The van der Waals surface area contributed by atoms with Gasteiger partial charge in [0.25, 0.3) is 0 Å². The van der Waals surface area contributed by atoms with Gasteiger partial charge < -0.3 is 0 Å². The largest absolute Gasteiger partial charge is 0.396 e. The molecule has 0 heterocycles. The molecule has 140 valence electrons. The molecule has 4 heteroatoms. The Bertz CT molecular complexity index is 838. The first-order chi connectivity index (χ1) is 12.9. The maximum atomic E-state index is 13.5. The van der Waals surface area contributed by atoms with Crippen LogP contribution in [0.2, 0.25) is 5.02 Å². The maximum Gasteiger partial charge on any atom is 0.396 e. The molecule has 0 aliphatic carbocycles. The Morgan fingerprint density at radius 1 is 0.667 bits per heavy atom. The van der Waals surface area contributed by atoms with Crippen molar-refractivity contribution in [3.63, 3.8) is 0 Å². The fourth-order valence-corrected chi connectivity index (χ4v) is 3.25. The van der Waals surface area contributed by atoms with E-state index in [0.29, 0.717) is 16.1 Å². The van der Waals surface area contributed by atoms with Crippen LogP contribution < -0.4 is 0 Å². The van der Waals surface area contributed by atoms with E-state index >= 15 is 0 Å². The van der Waals surface area contributed by atoms with E-state index in [-0.39, 0.29) is 6.42 Å². The molecule has 0 bridgehead atoms. The van der Waals surface area contributed by atoms with Gasteiger partial charge in [0, 0.05) is 5.02 Å². The molecule has 3 aromatic rings. The lowest BCUT2D eigenvalue weighted by molar-refractivity contribution is -0.150. The minimum atomic E-state index is -4.27. The van der Waals surface area contributed by atoms with Gasteiger partial charge in [-0.15, -0.1) is 0 Å². The summed E-state index contributed by atoms with van der Waals surface area (Å²) >= 11 is 5.88. The summed E-state index contributed by atoms with van der Waals surface area (Å²) in [6, 6.07) is 23.3. The molecule has 0 fully saturated rings. The highest BCUT2D eigenvalue weighted by Crippen LogP contribution is 2.37. The van der Waals surface area contributed by atoms with Gasteiger partial charge in [-0.2, -0.15) is 13.2 Å². The van der Waals surface area contributed by atoms with Gasteiger partial charge in [-0.05, 0) is 53.6 Å². The van der Waals surface area contributed by atoms with Crippen LogP contribution in [0.5, 0.6) is 0 Å². The molecule has 0 aromatic heterocycles. The molecule has 3 rings (SSSR count). The number of alkyl halides is 3. The Balaban J connectivity index is 1.66. The molecule has 27 heavy (non-hydrogen) atoms. The highest BCUT2D eigenvalue weighted by molar-refractivity contribution is 6.30. The van der Waals surface area contributed by atoms with Crippen LogP contribution in [0.3, 0.4) is 0 Å². The number of rotatable bonds is 6. The molecule has 0 radical (unpaired) electrons. The van der Waals surface area contributed by atoms with Gasteiger partial charge in [0.05, 0.1) is 5.92 Å². The van der Waals surface area contributed by atoms with Crippen molar-refractivity contribution in [2.75, 3.05) is 0 Å². The Morgan fingerprint density at radius 2 is 1.15 bits per heavy atom. The van der Waals surface area contributed by atoms with Crippen molar-refractivity contribution in [2.24, 2.45) is 0 Å². The fourth-order valence-electron chi connectivity index (χ4n) is 3.13. The summed E-state index contributed by atoms with van der Waals surface area (Å²) in [5.74, 6) is -1.49. The van der Waals surface area contributed by atoms with E-state index in [1.165, 1.54) is 5.56 Å². The van der Waals surface area contributed by atoms with Gasteiger partial charge in [0.2, 0.25) is 0 Å². The van der Waals surface area contributed by atoms with Crippen LogP contribution in [-0.2, 0) is 19.3 Å². The highest BCUT2D eigenvalue weighted by Gasteiger charge is 2.40. The van der Waals surface area contributed by atoms with E-state index in [2.05, 4.69) is 0 Å². The van der Waals surface area contributed by atoms with Crippen LogP contribution in [0.25, 0.3) is 0 Å². The lowest BCUT2D eigenvalue weighted by Gasteiger charge is -2.21. The second-order valence-electron chi connectivity index (χ2n) is 6.65. The Hall–Kier alpha value is -2.26. The second-order valence-corrected chi connectivity index (χ2v) is 7.09. The molecular weight excluding hydrogens is 369 g/mol. The molecule has 0 nitrogen and oxygen atoms in total. The molecule has 0 aliphatic rings. The summed E-state index contributed by atoms with van der Waals surface area (Å²) in [7, 11) is 0. The van der Waals surface area contributed by atoms with E-state index in [4.69, 9.17) is 11.6 Å². The average molecular weight is 389 g/mol. The summed E-state index contributed by atoms with van der Waals surface area (Å²) in [5, 5.41) is 0.709. The van der Waals surface area contributed by atoms with Crippen LogP contribution in [0, 0.1) is 0 Å². The standard InChI is InChI=1S/C23H20ClF3/c24-21-14-12-18(13-15-21)7-6-17-8-10-19(11-9-17)16-22(23(25,26)27)20-4-2-1-3-5-20/h1-5,8-15,22H,6-7,16H2/t22-/m0/s1. The Kier molecular flexibility index (Phi) is 6.22. The lowest BCUT2D eigenvalue weighted by atomic mass is 9.91. The number of halogens is 4. The predicted octanol–water partition coefficient (Wildman–Crippen LogP) is 7.01. The maximum absolute atomic E-state index is 13.5. The Morgan fingerprint density at radius 3 is 1.67 bits per heavy atom. The van der Waals surface area contributed by atoms with Gasteiger partial charge in [-0.25, -0.2) is 0 Å². The first kappa shape index (κ1) is 19.5. The molecule has 0 saturated carbocycles. The van der Waals surface area contributed by atoms with Crippen LogP contribution in [0.4, 0.5) is 13.2 Å². The topological polar surface area (TPSA) is 0 Å². The van der Waals surface area contributed by atoms with Crippen molar-refractivity contribution in [1.82, 2.24) is 0 Å². The van der Waals surface area contributed by atoms with Gasteiger partial charge in [0.15, 0.2) is 0 Å². The van der Waals surface area contributed by atoms with E-state index < -0.39 is 12.1 Å². The normalized spacial score (nSPS) is 12.7. The van der Waals surface area contributed by atoms with E-state index in [1.807, 2.05) is 36.4 Å². The number of hydrogen-bond acceptors (Lipinski definition) is 0. The second kappa shape index (κ2) is 8.62. The van der Waals surface area contributed by atoms with Crippen LogP contribution in [0.1, 0.15) is 28.2 Å². The van der Waals surface area contributed by atoms with Crippen molar-refractivity contribution in [1.29, 1.82) is 0 Å². The zero-order valence-corrected chi connectivity index (χ0v) is 15.5. The molecule has 0 saturated heterocycles. The molecule has 3 aromatic carbocycles.